The Morgan fingerprint density at radius 3 is 2.40 bits per heavy atom. The Morgan fingerprint density at radius 1 is 1.27 bits per heavy atom. The van der Waals surface area contributed by atoms with E-state index in [1.54, 1.807) is 13.8 Å². The molecule has 0 aromatic heterocycles. The predicted octanol–water partition coefficient (Wildman–Crippen LogP) is 2.84. The van der Waals surface area contributed by atoms with E-state index in [2.05, 4.69) is 0 Å². The maximum atomic E-state index is 13.2. The van der Waals surface area contributed by atoms with Gasteiger partial charge in [0.15, 0.2) is 0 Å². The van der Waals surface area contributed by atoms with Gasteiger partial charge in [-0.2, -0.15) is 0 Å². The number of aryl methyl sites for hydroxylation is 1. The van der Waals surface area contributed by atoms with Crippen molar-refractivity contribution in [3.8, 4) is 0 Å². The summed E-state index contributed by atoms with van der Waals surface area (Å²) in [5, 5.41) is 0. The number of halogens is 2. The first-order valence-electron chi connectivity index (χ1n) is 4.58. The third kappa shape index (κ3) is 2.75. The minimum absolute atomic E-state index is 0.215. The fourth-order valence-corrected chi connectivity index (χ4v) is 1.09. The molecule has 0 saturated heterocycles. The molecule has 0 unspecified atom stereocenters. The highest BCUT2D eigenvalue weighted by Crippen LogP contribution is 2.15. The van der Waals surface area contributed by atoms with Gasteiger partial charge in [0.1, 0.15) is 11.6 Å². The van der Waals surface area contributed by atoms with Crippen molar-refractivity contribution >= 4 is 5.97 Å². The van der Waals surface area contributed by atoms with E-state index >= 15 is 0 Å². The normalized spacial score (nSPS) is 10.5. The summed E-state index contributed by atoms with van der Waals surface area (Å²) in [7, 11) is 0. The average Bonchev–Trinajstić information content (AvgIpc) is 2.09. The summed E-state index contributed by atoms with van der Waals surface area (Å²) in [6, 6.07) is 1.83. The van der Waals surface area contributed by atoms with Crippen LogP contribution in [0.2, 0.25) is 0 Å². The Hall–Kier alpha value is -1.45. The second-order valence-electron chi connectivity index (χ2n) is 3.54. The van der Waals surface area contributed by atoms with Crippen molar-refractivity contribution in [1.82, 2.24) is 0 Å². The third-order valence-electron chi connectivity index (χ3n) is 1.81. The van der Waals surface area contributed by atoms with Crippen molar-refractivity contribution in [2.75, 3.05) is 0 Å². The number of carbonyl (C=O) groups excluding carboxylic acids is 1. The van der Waals surface area contributed by atoms with Crippen LogP contribution in [0.5, 0.6) is 0 Å². The maximum absolute atomic E-state index is 13.2. The summed E-state index contributed by atoms with van der Waals surface area (Å²) in [5.41, 5.74) is -0.0188. The quantitative estimate of drug-likeness (QED) is 0.707. The Balaban J connectivity index is 3.04. The molecule has 0 spiro atoms. The summed E-state index contributed by atoms with van der Waals surface area (Å²) in [5.74, 6) is -2.34. The highest BCUT2D eigenvalue weighted by molar-refractivity contribution is 5.90. The second kappa shape index (κ2) is 4.38. The van der Waals surface area contributed by atoms with Gasteiger partial charge in [-0.3, -0.25) is 0 Å². The molecule has 2 nitrogen and oxygen atoms in total. The van der Waals surface area contributed by atoms with E-state index in [1.807, 2.05) is 0 Å². The van der Waals surface area contributed by atoms with E-state index in [1.165, 1.54) is 6.92 Å². The Kier molecular flexibility index (Phi) is 3.39. The van der Waals surface area contributed by atoms with Gasteiger partial charge in [0.05, 0.1) is 11.7 Å². The van der Waals surface area contributed by atoms with Gasteiger partial charge in [-0.25, -0.2) is 13.6 Å². The van der Waals surface area contributed by atoms with E-state index in [4.69, 9.17) is 4.74 Å². The first-order valence-corrected chi connectivity index (χ1v) is 4.58. The van der Waals surface area contributed by atoms with Crippen LogP contribution < -0.4 is 0 Å². The lowest BCUT2D eigenvalue weighted by molar-refractivity contribution is 0.0372. The van der Waals surface area contributed by atoms with Crippen molar-refractivity contribution in [2.45, 2.75) is 26.9 Å². The van der Waals surface area contributed by atoms with Gasteiger partial charge in [-0.05, 0) is 32.4 Å². The standard InChI is InChI=1S/C11H12F2O2/c1-6(2)15-11(14)8-4-7(3)9(12)5-10(8)13/h4-6H,1-3H3. The Bertz CT molecular complexity index is 386. The predicted molar refractivity (Wildman–Crippen MR) is 51.6 cm³/mol. The molecule has 0 aliphatic carbocycles. The van der Waals surface area contributed by atoms with Crippen LogP contribution >= 0.6 is 0 Å². The zero-order valence-corrected chi connectivity index (χ0v) is 8.80. The molecule has 4 heteroatoms. The molecule has 0 aliphatic heterocycles. The van der Waals surface area contributed by atoms with Crippen molar-refractivity contribution in [3.63, 3.8) is 0 Å². The van der Waals surface area contributed by atoms with Crippen LogP contribution in [-0.2, 0) is 4.74 Å². The smallest absolute Gasteiger partial charge is 0.341 e. The topological polar surface area (TPSA) is 26.3 Å². The summed E-state index contributed by atoms with van der Waals surface area (Å²) in [4.78, 5) is 11.4. The maximum Gasteiger partial charge on any atom is 0.341 e. The van der Waals surface area contributed by atoms with E-state index in [9.17, 15) is 13.6 Å². The fraction of sp³-hybridized carbons (Fsp3) is 0.364. The van der Waals surface area contributed by atoms with E-state index in [-0.39, 0.29) is 17.2 Å². The summed E-state index contributed by atoms with van der Waals surface area (Å²) >= 11 is 0. The fourth-order valence-electron chi connectivity index (χ4n) is 1.09. The monoisotopic (exact) mass is 214 g/mol. The van der Waals surface area contributed by atoms with Gasteiger partial charge in [-0.15, -0.1) is 0 Å². The van der Waals surface area contributed by atoms with Crippen molar-refractivity contribution in [1.29, 1.82) is 0 Å². The van der Waals surface area contributed by atoms with Gasteiger partial charge in [0.2, 0.25) is 0 Å². The number of esters is 1. The molecule has 0 N–H and O–H groups in total. The molecular weight excluding hydrogens is 202 g/mol. The number of ether oxygens (including phenoxy) is 1. The highest BCUT2D eigenvalue weighted by atomic mass is 19.1. The Labute approximate surface area is 86.9 Å². The molecule has 0 fully saturated rings. The van der Waals surface area contributed by atoms with Crippen LogP contribution in [0.4, 0.5) is 8.78 Å². The molecule has 0 saturated carbocycles. The summed E-state index contributed by atoms with van der Waals surface area (Å²) in [6.07, 6.45) is -0.331. The van der Waals surface area contributed by atoms with E-state index in [0.29, 0.717) is 6.07 Å². The van der Waals surface area contributed by atoms with Crippen LogP contribution in [0.25, 0.3) is 0 Å². The van der Waals surface area contributed by atoms with Crippen LogP contribution in [0.1, 0.15) is 29.8 Å². The van der Waals surface area contributed by atoms with E-state index < -0.39 is 17.6 Å². The minimum Gasteiger partial charge on any atom is -0.459 e. The molecule has 1 aromatic rings. The zero-order chi connectivity index (χ0) is 11.6. The molecule has 82 valence electrons. The third-order valence-corrected chi connectivity index (χ3v) is 1.81. The van der Waals surface area contributed by atoms with Crippen molar-refractivity contribution < 1.29 is 18.3 Å². The van der Waals surface area contributed by atoms with Crippen LogP contribution in [0, 0.1) is 18.6 Å². The molecule has 0 bridgehead atoms. The summed E-state index contributed by atoms with van der Waals surface area (Å²) in [6.45, 7) is 4.78. The lowest BCUT2D eigenvalue weighted by atomic mass is 10.1. The van der Waals surface area contributed by atoms with Crippen LogP contribution in [0.15, 0.2) is 12.1 Å². The SMILES string of the molecule is Cc1cc(C(=O)OC(C)C)c(F)cc1F. The van der Waals surface area contributed by atoms with Crippen molar-refractivity contribution in [3.05, 3.63) is 34.9 Å². The number of hydrogen-bond acceptors (Lipinski definition) is 2. The molecule has 15 heavy (non-hydrogen) atoms. The molecule has 0 amide bonds. The zero-order valence-electron chi connectivity index (χ0n) is 8.80. The van der Waals surface area contributed by atoms with E-state index in [0.717, 1.165) is 6.07 Å². The number of carbonyl (C=O) groups is 1. The lowest BCUT2D eigenvalue weighted by Gasteiger charge is -2.09. The lowest BCUT2D eigenvalue weighted by Crippen LogP contribution is -2.13. The van der Waals surface area contributed by atoms with Gasteiger partial charge < -0.3 is 4.74 Å². The van der Waals surface area contributed by atoms with Crippen LogP contribution in [-0.4, -0.2) is 12.1 Å². The highest BCUT2D eigenvalue weighted by Gasteiger charge is 2.16. The molecule has 0 aliphatic rings. The largest absolute Gasteiger partial charge is 0.459 e. The number of hydrogen-bond donors (Lipinski definition) is 0. The molecule has 1 rings (SSSR count). The number of benzene rings is 1. The molecular formula is C11H12F2O2. The molecule has 1 aromatic carbocycles. The average molecular weight is 214 g/mol. The Morgan fingerprint density at radius 2 is 1.87 bits per heavy atom. The number of rotatable bonds is 2. The first-order chi connectivity index (χ1) is 6.91. The van der Waals surface area contributed by atoms with Gasteiger partial charge in [0, 0.05) is 6.07 Å². The summed E-state index contributed by atoms with van der Waals surface area (Å²) < 4.78 is 30.9. The molecule has 0 atom stereocenters. The first kappa shape index (κ1) is 11.6. The second-order valence-corrected chi connectivity index (χ2v) is 3.54. The minimum atomic E-state index is -0.899. The van der Waals surface area contributed by atoms with Gasteiger partial charge >= 0.3 is 5.97 Å². The molecule has 0 radical (unpaired) electrons. The van der Waals surface area contributed by atoms with Gasteiger partial charge in [0.25, 0.3) is 0 Å². The van der Waals surface area contributed by atoms with Crippen LogP contribution in [0.3, 0.4) is 0 Å². The van der Waals surface area contributed by atoms with Crippen molar-refractivity contribution in [2.24, 2.45) is 0 Å². The molecule has 0 heterocycles. The van der Waals surface area contributed by atoms with Gasteiger partial charge in [-0.1, -0.05) is 0 Å².